The van der Waals surface area contributed by atoms with E-state index in [4.69, 9.17) is 4.74 Å². The fraction of sp³-hybridized carbons (Fsp3) is 0.800. The first-order valence-corrected chi connectivity index (χ1v) is 3.80. The Morgan fingerprint density at radius 3 is 2.67 bits per heavy atom. The molecule has 0 aliphatic rings. The second-order valence-corrected chi connectivity index (χ2v) is 2.43. The Morgan fingerprint density at radius 1 is 1.78 bits per heavy atom. The predicted molar refractivity (Wildman–Crippen MR) is 41.5 cm³/mol. The number of esters is 1. The zero-order valence-corrected chi connectivity index (χ0v) is 7.54. The van der Waals surface area contributed by atoms with Gasteiger partial charge in [0.25, 0.3) is 0 Å². The zero-order valence-electron chi connectivity index (χ0n) is 5.39. The van der Waals surface area contributed by atoms with Gasteiger partial charge in [0.1, 0.15) is 0 Å². The van der Waals surface area contributed by atoms with Crippen LogP contribution in [-0.4, -0.2) is 23.8 Å². The molecule has 0 aromatic rings. The molecule has 1 atom stereocenters. The van der Waals surface area contributed by atoms with Crippen LogP contribution in [0, 0.1) is 0 Å². The van der Waals surface area contributed by atoms with Crippen LogP contribution in [0.15, 0.2) is 0 Å². The minimum atomic E-state index is -0.461. The number of halogens is 1. The molecule has 0 aliphatic carbocycles. The van der Waals surface area contributed by atoms with E-state index in [1.54, 1.807) is 0 Å². The maximum atomic E-state index is 10.5. The molecule has 0 aromatic heterocycles. The highest BCUT2D eigenvalue weighted by Crippen LogP contribution is 2.03. The lowest BCUT2D eigenvalue weighted by Gasteiger charge is -2.05. The monoisotopic (exact) mass is 244 g/mol. The summed E-state index contributed by atoms with van der Waals surface area (Å²) < 4.78 is 8.84. The van der Waals surface area contributed by atoms with Crippen LogP contribution in [0.3, 0.4) is 0 Å². The number of alkyl halides is 1. The Morgan fingerprint density at radius 2 is 2.33 bits per heavy atom. The van der Waals surface area contributed by atoms with E-state index in [0.717, 1.165) is 0 Å². The van der Waals surface area contributed by atoms with Gasteiger partial charge in [0.15, 0.2) is 0 Å². The smallest absolute Gasteiger partial charge is 0.345 e. The second-order valence-electron chi connectivity index (χ2n) is 1.29. The molecule has 9 heavy (non-hydrogen) atoms. The van der Waals surface area contributed by atoms with E-state index in [1.165, 1.54) is 7.11 Å². The maximum Gasteiger partial charge on any atom is 0.345 e. The fourth-order valence-corrected chi connectivity index (χ4v) is 0.921. The van der Waals surface area contributed by atoms with Crippen molar-refractivity contribution in [2.24, 2.45) is 0 Å². The Labute approximate surface area is 67.8 Å². The Balaban J connectivity index is 3.45. The van der Waals surface area contributed by atoms with Gasteiger partial charge in [0.05, 0.1) is 7.11 Å². The molecule has 0 N–H and O–H groups in total. The molecule has 0 saturated heterocycles. The van der Waals surface area contributed by atoms with Crippen molar-refractivity contribution in [2.45, 2.75) is 11.0 Å². The minimum Gasteiger partial charge on any atom is -0.466 e. The van der Waals surface area contributed by atoms with Crippen LogP contribution in [-0.2, 0) is 14.3 Å². The second kappa shape index (κ2) is 4.99. The predicted octanol–water partition coefficient (Wildman–Crippen LogP) is 0.957. The molecule has 54 valence electrons. The van der Waals surface area contributed by atoms with Gasteiger partial charge in [0.2, 0.25) is 4.11 Å². The van der Waals surface area contributed by atoms with Gasteiger partial charge in [-0.3, -0.25) is 0 Å². The first-order chi connectivity index (χ1) is 4.22. The van der Waals surface area contributed by atoms with Crippen molar-refractivity contribution in [1.82, 2.24) is 0 Å². The highest BCUT2D eigenvalue weighted by molar-refractivity contribution is 14.1. The number of ether oxygens (including phenoxy) is 2. The number of hydrogen-bond acceptors (Lipinski definition) is 3. The molecule has 0 saturated carbocycles. The van der Waals surface area contributed by atoms with Crippen LogP contribution in [0.1, 0.15) is 6.92 Å². The number of methoxy groups -OCH3 is 1. The van der Waals surface area contributed by atoms with Crippen molar-refractivity contribution in [1.29, 1.82) is 0 Å². The summed E-state index contributed by atoms with van der Waals surface area (Å²) in [6.07, 6.45) is 0. The van der Waals surface area contributed by atoms with Gasteiger partial charge in [-0.1, -0.05) is 0 Å². The first-order valence-electron chi connectivity index (χ1n) is 2.55. The summed E-state index contributed by atoms with van der Waals surface area (Å²) in [6.45, 7) is 2.36. The molecule has 0 spiro atoms. The fourth-order valence-electron chi connectivity index (χ4n) is 0.307. The average molecular weight is 244 g/mol. The lowest BCUT2D eigenvalue weighted by molar-refractivity contribution is -0.146. The number of rotatable bonds is 3. The lowest BCUT2D eigenvalue weighted by atomic mass is 10.7. The molecule has 0 fully saturated rings. The molecular weight excluding hydrogens is 235 g/mol. The third-order valence-corrected chi connectivity index (χ3v) is 1.57. The van der Waals surface area contributed by atoms with Crippen molar-refractivity contribution >= 4 is 28.6 Å². The molecular formula is C5H9IO3. The standard InChI is InChI=1S/C5H9IO3/c1-3-9-4(6)5(7)8-2/h4H,3H2,1-2H3. The Bertz CT molecular complexity index is 94.2. The van der Waals surface area contributed by atoms with Gasteiger partial charge >= 0.3 is 5.97 Å². The van der Waals surface area contributed by atoms with Crippen LogP contribution >= 0.6 is 22.6 Å². The highest BCUT2D eigenvalue weighted by atomic mass is 127. The van der Waals surface area contributed by atoms with Gasteiger partial charge in [-0.25, -0.2) is 4.79 Å². The maximum absolute atomic E-state index is 10.5. The summed E-state index contributed by atoms with van der Waals surface area (Å²) in [5.41, 5.74) is 0. The highest BCUT2D eigenvalue weighted by Gasteiger charge is 2.13. The normalized spacial score (nSPS) is 12.8. The first kappa shape index (κ1) is 9.16. The number of carbonyl (C=O) groups is 1. The molecule has 0 amide bonds. The molecule has 0 aromatic carbocycles. The SMILES string of the molecule is CCOC(I)C(=O)OC. The van der Waals surface area contributed by atoms with Crippen molar-refractivity contribution in [3.8, 4) is 0 Å². The summed E-state index contributed by atoms with van der Waals surface area (Å²) in [4.78, 5) is 10.5. The molecule has 0 aliphatic heterocycles. The quantitative estimate of drug-likeness (QED) is 0.421. The third-order valence-electron chi connectivity index (χ3n) is 0.699. The average Bonchev–Trinajstić information content (AvgIpc) is 1.87. The molecule has 4 heteroatoms. The Hall–Kier alpha value is 0.160. The van der Waals surface area contributed by atoms with Gasteiger partial charge in [-0.2, -0.15) is 0 Å². The van der Waals surface area contributed by atoms with Crippen molar-refractivity contribution in [2.75, 3.05) is 13.7 Å². The zero-order chi connectivity index (χ0) is 7.28. The Kier molecular flexibility index (Phi) is 5.07. The van der Waals surface area contributed by atoms with E-state index < -0.39 is 4.11 Å². The van der Waals surface area contributed by atoms with Crippen molar-refractivity contribution in [3.63, 3.8) is 0 Å². The molecule has 0 rings (SSSR count). The third kappa shape index (κ3) is 3.69. The van der Waals surface area contributed by atoms with Crippen LogP contribution in [0.2, 0.25) is 0 Å². The van der Waals surface area contributed by atoms with Crippen molar-refractivity contribution < 1.29 is 14.3 Å². The van der Waals surface area contributed by atoms with Crippen LogP contribution in [0.25, 0.3) is 0 Å². The van der Waals surface area contributed by atoms with Gasteiger partial charge < -0.3 is 9.47 Å². The largest absolute Gasteiger partial charge is 0.466 e. The van der Waals surface area contributed by atoms with E-state index in [1.807, 2.05) is 29.5 Å². The molecule has 3 nitrogen and oxygen atoms in total. The minimum absolute atomic E-state index is 0.336. The van der Waals surface area contributed by atoms with Crippen molar-refractivity contribution in [3.05, 3.63) is 0 Å². The summed E-state index contributed by atoms with van der Waals surface area (Å²) >= 11 is 1.87. The van der Waals surface area contributed by atoms with E-state index in [2.05, 4.69) is 4.74 Å². The number of carbonyl (C=O) groups excluding carboxylic acids is 1. The van der Waals surface area contributed by atoms with E-state index in [9.17, 15) is 4.79 Å². The summed E-state index contributed by atoms with van der Waals surface area (Å²) in [5.74, 6) is -0.336. The topological polar surface area (TPSA) is 35.5 Å². The van der Waals surface area contributed by atoms with Crippen LogP contribution < -0.4 is 0 Å². The lowest BCUT2D eigenvalue weighted by Crippen LogP contribution is -2.18. The van der Waals surface area contributed by atoms with Crippen LogP contribution in [0.5, 0.6) is 0 Å². The number of hydrogen-bond donors (Lipinski definition) is 0. The van der Waals surface area contributed by atoms with Gasteiger partial charge in [-0.15, -0.1) is 0 Å². The van der Waals surface area contributed by atoms with Gasteiger partial charge in [0, 0.05) is 6.61 Å². The van der Waals surface area contributed by atoms with Crippen LogP contribution in [0.4, 0.5) is 0 Å². The summed E-state index contributed by atoms with van der Waals surface area (Å²) in [5, 5.41) is 0. The summed E-state index contributed by atoms with van der Waals surface area (Å²) in [7, 11) is 1.34. The molecule has 0 heterocycles. The molecule has 0 bridgehead atoms. The van der Waals surface area contributed by atoms with Gasteiger partial charge in [-0.05, 0) is 29.5 Å². The molecule has 1 unspecified atom stereocenters. The van der Waals surface area contributed by atoms with E-state index >= 15 is 0 Å². The van der Waals surface area contributed by atoms with E-state index in [-0.39, 0.29) is 5.97 Å². The molecule has 0 radical (unpaired) electrons. The summed E-state index contributed by atoms with van der Waals surface area (Å²) in [6, 6.07) is 0. The van der Waals surface area contributed by atoms with E-state index in [0.29, 0.717) is 6.61 Å².